The highest BCUT2D eigenvalue weighted by Gasteiger charge is 2.35. The van der Waals surface area contributed by atoms with E-state index in [1.807, 2.05) is 24.3 Å². The molecular weight excluding hydrogens is 583 g/mol. The van der Waals surface area contributed by atoms with Crippen LogP contribution in [0, 0.1) is 0 Å². The molecule has 6 aromatic carbocycles. The second-order valence-electron chi connectivity index (χ2n) is 13.0. The molecule has 0 unspecified atom stereocenters. The molecule has 228 valence electrons. The maximum atomic E-state index is 5.08. The second kappa shape index (κ2) is 11.0. The molecule has 0 atom stereocenters. The fourth-order valence-corrected chi connectivity index (χ4v) is 7.51. The van der Waals surface area contributed by atoms with Crippen molar-refractivity contribution in [2.75, 3.05) is 0 Å². The smallest absolute Gasteiger partial charge is 0.160 e. The first kappa shape index (κ1) is 28.2. The number of para-hydroxylation sites is 1. The highest BCUT2D eigenvalue weighted by molar-refractivity contribution is 6.08. The van der Waals surface area contributed by atoms with Crippen molar-refractivity contribution in [3.05, 3.63) is 175 Å². The number of aromatic nitrogens is 3. The lowest BCUT2D eigenvalue weighted by Crippen LogP contribution is -2.20. The van der Waals surface area contributed by atoms with E-state index in [0.29, 0.717) is 0 Å². The van der Waals surface area contributed by atoms with Crippen LogP contribution in [0.2, 0.25) is 0 Å². The van der Waals surface area contributed by atoms with Gasteiger partial charge in [-0.15, -0.1) is 0 Å². The molecule has 0 aliphatic heterocycles. The molecule has 0 saturated heterocycles. The molecule has 2 aromatic heterocycles. The van der Waals surface area contributed by atoms with Crippen molar-refractivity contribution < 1.29 is 0 Å². The van der Waals surface area contributed by atoms with Crippen LogP contribution >= 0.6 is 0 Å². The Hall–Kier alpha value is -6.06. The van der Waals surface area contributed by atoms with Crippen molar-refractivity contribution in [2.45, 2.75) is 19.3 Å². The van der Waals surface area contributed by atoms with Gasteiger partial charge in [0.05, 0.1) is 22.6 Å². The molecule has 0 N–H and O–H groups in total. The third kappa shape index (κ3) is 4.43. The third-order valence-corrected chi connectivity index (χ3v) is 9.85. The van der Waals surface area contributed by atoms with E-state index in [2.05, 4.69) is 158 Å². The number of fused-ring (bicyclic) bond motifs is 7. The van der Waals surface area contributed by atoms with Gasteiger partial charge in [-0.3, -0.25) is 0 Å². The summed E-state index contributed by atoms with van der Waals surface area (Å²) in [5.74, 6) is 0.718. The highest BCUT2D eigenvalue weighted by atomic mass is 15.0. The van der Waals surface area contributed by atoms with Crippen LogP contribution in [0.4, 0.5) is 0 Å². The van der Waals surface area contributed by atoms with Gasteiger partial charge >= 0.3 is 0 Å². The molecule has 3 nitrogen and oxygen atoms in total. The van der Waals surface area contributed by atoms with Gasteiger partial charge in [0.1, 0.15) is 0 Å². The minimum Gasteiger partial charge on any atom is -0.309 e. The molecular formula is C45H33N3. The Kier molecular flexibility index (Phi) is 6.48. The monoisotopic (exact) mass is 615 g/mol. The van der Waals surface area contributed by atoms with Crippen molar-refractivity contribution in [2.24, 2.45) is 0 Å². The first-order valence-corrected chi connectivity index (χ1v) is 16.5. The first-order valence-electron chi connectivity index (χ1n) is 16.5. The molecule has 0 spiro atoms. The highest BCUT2D eigenvalue weighted by Crippen LogP contribution is 2.52. The summed E-state index contributed by atoms with van der Waals surface area (Å²) in [5.41, 5.74) is 14.8. The molecule has 1 aliphatic rings. The predicted molar refractivity (Wildman–Crippen MR) is 198 cm³/mol. The standard InChI is InChI=1S/C45H33N3/c1-45(2)37-22-12-9-19-34(37)42-36-21-11-14-24-41(36)48(43(42)35-20-10-13-23-38(35)45)33-27-25-31(26-28-33)40-29-39(30-15-5-3-6-16-30)46-44(47-40)32-17-7-4-8-18-32/h3-29H,1-2H3. The van der Waals surface area contributed by atoms with Crippen molar-refractivity contribution in [3.63, 3.8) is 0 Å². The first-order chi connectivity index (χ1) is 23.6. The lowest BCUT2D eigenvalue weighted by Gasteiger charge is -2.28. The lowest BCUT2D eigenvalue weighted by molar-refractivity contribution is 0.646. The van der Waals surface area contributed by atoms with Crippen LogP contribution in [0.3, 0.4) is 0 Å². The van der Waals surface area contributed by atoms with Crippen LogP contribution in [0.15, 0.2) is 164 Å². The topological polar surface area (TPSA) is 30.7 Å². The zero-order valence-electron chi connectivity index (χ0n) is 26.9. The molecule has 0 fully saturated rings. The Morgan fingerprint density at radius 2 is 1.00 bits per heavy atom. The van der Waals surface area contributed by atoms with E-state index in [1.54, 1.807) is 0 Å². The molecule has 0 saturated carbocycles. The minimum absolute atomic E-state index is 0.165. The summed E-state index contributed by atoms with van der Waals surface area (Å²) in [6.45, 7) is 4.71. The quantitative estimate of drug-likeness (QED) is 0.197. The van der Waals surface area contributed by atoms with Gasteiger partial charge in [0.25, 0.3) is 0 Å². The van der Waals surface area contributed by atoms with Crippen LogP contribution in [-0.4, -0.2) is 14.5 Å². The van der Waals surface area contributed by atoms with Crippen molar-refractivity contribution in [3.8, 4) is 62.0 Å². The van der Waals surface area contributed by atoms with Gasteiger partial charge in [-0.2, -0.15) is 0 Å². The van der Waals surface area contributed by atoms with E-state index in [9.17, 15) is 0 Å². The predicted octanol–water partition coefficient (Wildman–Crippen LogP) is 11.4. The molecule has 3 heteroatoms. The molecule has 8 aromatic rings. The van der Waals surface area contributed by atoms with E-state index >= 15 is 0 Å². The van der Waals surface area contributed by atoms with Gasteiger partial charge in [0.2, 0.25) is 0 Å². The SMILES string of the molecule is CC1(C)c2ccccc2-c2c(n(-c3ccc(-c4cc(-c5ccccc5)nc(-c5ccccc5)n4)cc3)c3ccccc23)-c2ccccc21. The number of rotatable bonds is 4. The van der Waals surface area contributed by atoms with E-state index in [4.69, 9.17) is 9.97 Å². The molecule has 2 heterocycles. The van der Waals surface area contributed by atoms with Gasteiger partial charge in [0, 0.05) is 44.3 Å². The largest absolute Gasteiger partial charge is 0.309 e. The Morgan fingerprint density at radius 3 is 1.69 bits per heavy atom. The zero-order chi connectivity index (χ0) is 32.2. The fraction of sp³-hybridized carbons (Fsp3) is 0.0667. The molecule has 9 rings (SSSR count). The van der Waals surface area contributed by atoms with Gasteiger partial charge in [0.15, 0.2) is 5.82 Å². The van der Waals surface area contributed by atoms with Gasteiger partial charge in [-0.05, 0) is 41.0 Å². The molecule has 1 aliphatic carbocycles. The van der Waals surface area contributed by atoms with Crippen LogP contribution in [0.5, 0.6) is 0 Å². The maximum Gasteiger partial charge on any atom is 0.160 e. The zero-order valence-corrected chi connectivity index (χ0v) is 26.9. The summed E-state index contributed by atoms with van der Waals surface area (Å²) >= 11 is 0. The third-order valence-electron chi connectivity index (χ3n) is 9.85. The Balaban J connectivity index is 1.25. The fourth-order valence-electron chi connectivity index (χ4n) is 7.51. The van der Waals surface area contributed by atoms with Crippen LogP contribution in [0.25, 0.3) is 72.9 Å². The Morgan fingerprint density at radius 1 is 0.479 bits per heavy atom. The van der Waals surface area contributed by atoms with Gasteiger partial charge < -0.3 is 4.57 Å². The average Bonchev–Trinajstić information content (AvgIpc) is 3.46. The summed E-state index contributed by atoms with van der Waals surface area (Å²) in [6, 6.07) is 58.2. The number of hydrogen-bond donors (Lipinski definition) is 0. The summed E-state index contributed by atoms with van der Waals surface area (Å²) in [4.78, 5) is 10.1. The molecule has 0 radical (unpaired) electrons. The van der Waals surface area contributed by atoms with E-state index in [0.717, 1.165) is 39.6 Å². The van der Waals surface area contributed by atoms with Crippen molar-refractivity contribution in [1.29, 1.82) is 0 Å². The number of benzene rings is 6. The Labute approximate surface area is 280 Å². The second-order valence-corrected chi connectivity index (χ2v) is 13.0. The normalized spacial score (nSPS) is 13.0. The average molecular weight is 616 g/mol. The number of hydrogen-bond acceptors (Lipinski definition) is 2. The van der Waals surface area contributed by atoms with E-state index < -0.39 is 0 Å². The molecule has 0 bridgehead atoms. The van der Waals surface area contributed by atoms with Crippen LogP contribution < -0.4 is 0 Å². The molecule has 0 amide bonds. The van der Waals surface area contributed by atoms with E-state index in [1.165, 1.54) is 44.4 Å². The Bertz CT molecular complexity index is 2400. The van der Waals surface area contributed by atoms with Crippen molar-refractivity contribution in [1.82, 2.24) is 14.5 Å². The van der Waals surface area contributed by atoms with Crippen molar-refractivity contribution >= 4 is 10.9 Å². The lowest BCUT2D eigenvalue weighted by atomic mass is 9.75. The summed E-state index contributed by atoms with van der Waals surface area (Å²) in [6.07, 6.45) is 0. The van der Waals surface area contributed by atoms with Gasteiger partial charge in [-0.1, -0.05) is 153 Å². The van der Waals surface area contributed by atoms with Gasteiger partial charge in [-0.25, -0.2) is 9.97 Å². The summed E-state index contributed by atoms with van der Waals surface area (Å²) < 4.78 is 2.45. The van der Waals surface area contributed by atoms with E-state index in [-0.39, 0.29) is 5.41 Å². The molecule has 48 heavy (non-hydrogen) atoms. The number of nitrogens with zero attached hydrogens (tertiary/aromatic N) is 3. The maximum absolute atomic E-state index is 5.08. The summed E-state index contributed by atoms with van der Waals surface area (Å²) in [5, 5.41) is 1.26. The summed E-state index contributed by atoms with van der Waals surface area (Å²) in [7, 11) is 0. The van der Waals surface area contributed by atoms with Crippen LogP contribution in [-0.2, 0) is 5.41 Å². The van der Waals surface area contributed by atoms with Crippen LogP contribution in [0.1, 0.15) is 25.0 Å². The minimum atomic E-state index is -0.165.